The van der Waals surface area contributed by atoms with Crippen LogP contribution < -0.4 is 0 Å². The molecule has 0 aliphatic carbocycles. The van der Waals surface area contributed by atoms with Crippen LogP contribution in [0.1, 0.15) is 47.5 Å². The van der Waals surface area contributed by atoms with Crippen LogP contribution in [-0.4, -0.2) is 36.7 Å². The zero-order valence-corrected chi connectivity index (χ0v) is 12.7. The van der Waals surface area contributed by atoms with Crippen LogP contribution >= 0.6 is 0 Å². The van der Waals surface area contributed by atoms with Crippen LogP contribution in [0.2, 0.25) is 0 Å². The van der Waals surface area contributed by atoms with Crippen molar-refractivity contribution in [3.63, 3.8) is 0 Å². The molecule has 0 amide bonds. The Balaban J connectivity index is 2.25. The Morgan fingerprint density at radius 2 is 1.67 bits per heavy atom. The van der Waals surface area contributed by atoms with Gasteiger partial charge in [-0.25, -0.2) is 0 Å². The van der Waals surface area contributed by atoms with E-state index in [1.165, 1.54) is 19.6 Å². The van der Waals surface area contributed by atoms with Crippen LogP contribution in [0.5, 0.6) is 0 Å². The van der Waals surface area contributed by atoms with Gasteiger partial charge >= 0.3 is 0 Å². The first-order valence-corrected chi connectivity index (χ1v) is 7.36. The monoisotopic (exact) mass is 251 g/mol. The fourth-order valence-electron chi connectivity index (χ4n) is 2.35. The molecular weight excluding hydrogens is 222 g/mol. The van der Waals surface area contributed by atoms with E-state index < -0.39 is 0 Å². The van der Waals surface area contributed by atoms with E-state index >= 15 is 0 Å². The molecule has 0 radical (unpaired) electrons. The van der Waals surface area contributed by atoms with Crippen LogP contribution in [0.15, 0.2) is 0 Å². The van der Waals surface area contributed by atoms with Crippen molar-refractivity contribution in [2.75, 3.05) is 19.6 Å². The summed E-state index contributed by atoms with van der Waals surface area (Å²) in [5, 5.41) is 0. The predicted molar refractivity (Wildman–Crippen MR) is 77.5 cm³/mol. The summed E-state index contributed by atoms with van der Waals surface area (Å²) in [5.74, 6) is 7.57. The van der Waals surface area contributed by atoms with E-state index in [1.54, 1.807) is 0 Å². The largest absolute Gasteiger partial charge is 0.362 e. The van der Waals surface area contributed by atoms with Crippen molar-refractivity contribution in [2.24, 2.45) is 11.8 Å². The standard InChI is InChI=1S/C16H29NO/c1-13(2)6-7-15(5)18-16-8-10-17(11-9-16)12-14(3)4/h13-16H,8-12H2,1-5H3/t15-/m0/s1. The molecule has 0 N–H and O–H groups in total. The maximum Gasteiger partial charge on any atom is 0.115 e. The molecule has 2 heteroatoms. The fourth-order valence-corrected chi connectivity index (χ4v) is 2.35. The zero-order chi connectivity index (χ0) is 13.5. The minimum absolute atomic E-state index is 0.0778. The van der Waals surface area contributed by atoms with Crippen LogP contribution in [0.25, 0.3) is 0 Å². The maximum atomic E-state index is 5.99. The molecule has 2 nitrogen and oxygen atoms in total. The van der Waals surface area contributed by atoms with Gasteiger partial charge in [-0.15, -0.1) is 0 Å². The molecule has 0 saturated carbocycles. The average Bonchev–Trinajstić information content (AvgIpc) is 2.28. The molecule has 1 heterocycles. The lowest BCUT2D eigenvalue weighted by molar-refractivity contribution is -0.0135. The highest BCUT2D eigenvalue weighted by Gasteiger charge is 2.21. The second-order valence-electron chi connectivity index (χ2n) is 6.12. The average molecular weight is 251 g/mol. The topological polar surface area (TPSA) is 12.5 Å². The van der Waals surface area contributed by atoms with Crippen molar-refractivity contribution < 1.29 is 4.74 Å². The number of likely N-dealkylation sites (tertiary alicyclic amines) is 1. The Kier molecular flexibility index (Phi) is 6.75. The van der Waals surface area contributed by atoms with Gasteiger partial charge in [-0.1, -0.05) is 39.5 Å². The molecule has 1 rings (SSSR count). The molecule has 104 valence electrons. The van der Waals surface area contributed by atoms with Crippen molar-refractivity contribution in [2.45, 2.75) is 59.7 Å². The molecule has 18 heavy (non-hydrogen) atoms. The van der Waals surface area contributed by atoms with E-state index in [1.807, 2.05) is 0 Å². The molecule has 0 bridgehead atoms. The Hall–Kier alpha value is -0.520. The maximum absolute atomic E-state index is 5.99. The first-order valence-electron chi connectivity index (χ1n) is 7.36. The SMILES string of the molecule is CC(C)C#C[C@H](C)OC1CCN(CC(C)C)CC1. The van der Waals surface area contributed by atoms with Crippen molar-refractivity contribution in [3.8, 4) is 11.8 Å². The lowest BCUT2D eigenvalue weighted by Gasteiger charge is -2.33. The van der Waals surface area contributed by atoms with Gasteiger partial charge in [0.05, 0.1) is 6.10 Å². The van der Waals surface area contributed by atoms with E-state index in [-0.39, 0.29) is 6.10 Å². The molecule has 0 aromatic rings. The minimum Gasteiger partial charge on any atom is -0.362 e. The summed E-state index contributed by atoms with van der Waals surface area (Å²) < 4.78 is 5.99. The number of rotatable bonds is 4. The first-order chi connectivity index (χ1) is 8.47. The number of nitrogens with zero attached hydrogens (tertiary/aromatic N) is 1. The molecule has 0 unspecified atom stereocenters. The van der Waals surface area contributed by atoms with Gasteiger partial charge in [0.15, 0.2) is 0 Å². The quantitative estimate of drug-likeness (QED) is 0.712. The Morgan fingerprint density at radius 3 is 2.17 bits per heavy atom. The van der Waals surface area contributed by atoms with Gasteiger partial charge in [-0.3, -0.25) is 0 Å². The van der Waals surface area contributed by atoms with Crippen molar-refractivity contribution in [3.05, 3.63) is 0 Å². The molecule has 1 saturated heterocycles. The van der Waals surface area contributed by atoms with Gasteiger partial charge in [-0.05, 0) is 25.7 Å². The molecule has 1 fully saturated rings. The molecule has 1 aliphatic heterocycles. The Morgan fingerprint density at radius 1 is 1.06 bits per heavy atom. The first kappa shape index (κ1) is 15.5. The van der Waals surface area contributed by atoms with Crippen molar-refractivity contribution >= 4 is 0 Å². The fraction of sp³-hybridized carbons (Fsp3) is 0.875. The lowest BCUT2D eigenvalue weighted by Crippen LogP contribution is -2.39. The highest BCUT2D eigenvalue weighted by atomic mass is 16.5. The van der Waals surface area contributed by atoms with Gasteiger partial charge < -0.3 is 9.64 Å². The smallest absolute Gasteiger partial charge is 0.115 e. The van der Waals surface area contributed by atoms with Crippen LogP contribution in [-0.2, 0) is 4.74 Å². The summed E-state index contributed by atoms with van der Waals surface area (Å²) >= 11 is 0. The normalized spacial score (nSPS) is 19.9. The summed E-state index contributed by atoms with van der Waals surface area (Å²) in [6.45, 7) is 14.4. The summed E-state index contributed by atoms with van der Waals surface area (Å²) in [6, 6.07) is 0. The number of hydrogen-bond donors (Lipinski definition) is 0. The Labute approximate surface area is 113 Å². The zero-order valence-electron chi connectivity index (χ0n) is 12.7. The third-order valence-electron chi connectivity index (χ3n) is 3.13. The van der Waals surface area contributed by atoms with Crippen LogP contribution in [0.3, 0.4) is 0 Å². The highest BCUT2D eigenvalue weighted by molar-refractivity contribution is 5.05. The van der Waals surface area contributed by atoms with E-state index in [4.69, 9.17) is 4.74 Å². The summed E-state index contributed by atoms with van der Waals surface area (Å²) in [4.78, 5) is 2.55. The van der Waals surface area contributed by atoms with E-state index in [2.05, 4.69) is 51.4 Å². The second kappa shape index (κ2) is 7.81. The Bertz CT molecular complexity index is 279. The summed E-state index contributed by atoms with van der Waals surface area (Å²) in [5.41, 5.74) is 0. The number of hydrogen-bond acceptors (Lipinski definition) is 2. The number of ether oxygens (including phenoxy) is 1. The van der Waals surface area contributed by atoms with Crippen molar-refractivity contribution in [1.82, 2.24) is 4.90 Å². The molecular formula is C16H29NO. The van der Waals surface area contributed by atoms with Gasteiger partial charge in [0, 0.05) is 25.6 Å². The third-order valence-corrected chi connectivity index (χ3v) is 3.13. The second-order valence-corrected chi connectivity index (χ2v) is 6.12. The van der Waals surface area contributed by atoms with Gasteiger partial charge in [0.1, 0.15) is 6.10 Å². The van der Waals surface area contributed by atoms with Gasteiger partial charge in [-0.2, -0.15) is 0 Å². The molecule has 0 aromatic carbocycles. The van der Waals surface area contributed by atoms with E-state index in [9.17, 15) is 0 Å². The molecule has 1 atom stereocenters. The summed E-state index contributed by atoms with van der Waals surface area (Å²) in [7, 11) is 0. The number of piperidine rings is 1. The van der Waals surface area contributed by atoms with E-state index in [0.29, 0.717) is 12.0 Å². The molecule has 1 aliphatic rings. The summed E-state index contributed by atoms with van der Waals surface area (Å²) in [6.07, 6.45) is 2.79. The van der Waals surface area contributed by atoms with Gasteiger partial charge in [0.2, 0.25) is 0 Å². The minimum atomic E-state index is 0.0778. The molecule has 0 aromatic heterocycles. The predicted octanol–water partition coefficient (Wildman–Crippen LogP) is 3.17. The van der Waals surface area contributed by atoms with Crippen molar-refractivity contribution in [1.29, 1.82) is 0 Å². The van der Waals surface area contributed by atoms with Crippen LogP contribution in [0, 0.1) is 23.7 Å². The van der Waals surface area contributed by atoms with Crippen LogP contribution in [0.4, 0.5) is 0 Å². The third kappa shape index (κ3) is 6.42. The van der Waals surface area contributed by atoms with E-state index in [0.717, 1.165) is 18.8 Å². The lowest BCUT2D eigenvalue weighted by atomic mass is 10.1. The molecule has 0 spiro atoms. The highest BCUT2D eigenvalue weighted by Crippen LogP contribution is 2.16. The van der Waals surface area contributed by atoms with Gasteiger partial charge in [0.25, 0.3) is 0 Å².